The lowest BCUT2D eigenvalue weighted by Gasteiger charge is -2.28. The number of hydrogen-bond donors (Lipinski definition) is 1. The smallest absolute Gasteiger partial charge is 0.245 e. The zero-order valence-electron chi connectivity index (χ0n) is 28.5. The molecule has 47 heavy (non-hydrogen) atoms. The number of carbonyl (C=O) groups excluding carboxylic acids is 4. The number of benzene rings is 1. The van der Waals surface area contributed by atoms with E-state index in [9.17, 15) is 19.2 Å². The second-order valence-corrected chi connectivity index (χ2v) is 15.3. The first-order chi connectivity index (χ1) is 22.3. The van der Waals surface area contributed by atoms with Gasteiger partial charge in [0, 0.05) is 55.7 Å². The molecule has 6 rings (SSSR count). The molecule has 1 aliphatic carbocycles. The van der Waals surface area contributed by atoms with Crippen molar-refractivity contribution in [2.24, 2.45) is 10.8 Å². The van der Waals surface area contributed by atoms with Crippen LogP contribution in [0, 0.1) is 17.8 Å². The Hall–Kier alpha value is -3.95. The molecule has 2 aromatic heterocycles. The lowest BCUT2D eigenvalue weighted by atomic mass is 9.91. The average molecular weight is 641 g/mol. The molecule has 1 saturated carbocycles. The first-order valence-corrected chi connectivity index (χ1v) is 17.3. The van der Waals surface area contributed by atoms with Crippen LogP contribution in [0.3, 0.4) is 0 Å². The summed E-state index contributed by atoms with van der Waals surface area (Å²) in [6.45, 7) is 10.2. The molecule has 1 aromatic carbocycles. The van der Waals surface area contributed by atoms with Crippen LogP contribution in [-0.2, 0) is 27.3 Å². The van der Waals surface area contributed by atoms with Gasteiger partial charge in [0.15, 0.2) is 5.78 Å². The Balaban J connectivity index is 1.39. The largest absolute Gasteiger partial charge is 0.354 e. The summed E-state index contributed by atoms with van der Waals surface area (Å²) < 4.78 is 1.69. The predicted molar refractivity (Wildman–Crippen MR) is 180 cm³/mol. The van der Waals surface area contributed by atoms with Gasteiger partial charge in [0.05, 0.1) is 5.52 Å². The number of amides is 2. The van der Waals surface area contributed by atoms with Crippen LogP contribution < -0.4 is 5.32 Å². The van der Waals surface area contributed by atoms with Crippen LogP contribution in [0.25, 0.3) is 22.0 Å². The van der Waals surface area contributed by atoms with E-state index in [-0.39, 0.29) is 46.8 Å². The summed E-state index contributed by atoms with van der Waals surface area (Å²) in [4.78, 5) is 64.4. The van der Waals surface area contributed by atoms with Crippen LogP contribution in [0.1, 0.15) is 114 Å². The predicted octanol–water partition coefficient (Wildman–Crippen LogP) is 5.77. The quantitative estimate of drug-likeness (QED) is 0.351. The number of ketones is 2. The number of aromatic nitrogens is 4. The maximum absolute atomic E-state index is 14.3. The average Bonchev–Trinajstić information content (AvgIpc) is 3.42. The fourth-order valence-electron chi connectivity index (χ4n) is 7.65. The molecule has 250 valence electrons. The summed E-state index contributed by atoms with van der Waals surface area (Å²) in [6, 6.07) is 3.41. The third-order valence-electron chi connectivity index (χ3n) is 10.4. The first kappa shape index (κ1) is 33.0. The van der Waals surface area contributed by atoms with E-state index < -0.39 is 6.04 Å². The molecule has 1 saturated heterocycles. The Morgan fingerprint density at radius 3 is 2.40 bits per heavy atom. The fraction of sp³-hybridized carbons (Fsp3) is 0.595. The molecule has 4 heterocycles. The standard InChI is InChI=1S/C37H48N6O4/c1-23(44)33-29-17-26(27-20-39-24(2)40-21-27)16-25-10-8-6-7-9-11-28(45)12-13-37-18-30(35(47)38-15-14-36(3,4)5)43(31(37)19-37)32(46)22-42(41-33)34(25)29/h16-17,20-21,30-31H,6-15,18-19,22H2,1-5H3,(H,38,47)/t30-,31+,37-/m0/s1. The van der Waals surface area contributed by atoms with Crippen LogP contribution in [0.15, 0.2) is 24.5 Å². The van der Waals surface area contributed by atoms with Gasteiger partial charge in [-0.05, 0) is 86.0 Å². The van der Waals surface area contributed by atoms with Crippen molar-refractivity contribution in [2.75, 3.05) is 6.54 Å². The summed E-state index contributed by atoms with van der Waals surface area (Å²) in [5.74, 6) is 0.473. The van der Waals surface area contributed by atoms with Crippen LogP contribution in [-0.4, -0.2) is 66.7 Å². The Morgan fingerprint density at radius 2 is 1.70 bits per heavy atom. The van der Waals surface area contributed by atoms with Crippen molar-refractivity contribution >= 4 is 34.3 Å². The van der Waals surface area contributed by atoms with Gasteiger partial charge in [0.1, 0.15) is 29.9 Å². The number of piperidine rings is 1. The summed E-state index contributed by atoms with van der Waals surface area (Å²) >= 11 is 0. The van der Waals surface area contributed by atoms with Gasteiger partial charge in [0.2, 0.25) is 11.8 Å². The minimum Gasteiger partial charge on any atom is -0.354 e. The third kappa shape index (κ3) is 7.02. The maximum atomic E-state index is 14.3. The zero-order chi connectivity index (χ0) is 33.5. The molecule has 2 amide bonds. The summed E-state index contributed by atoms with van der Waals surface area (Å²) in [7, 11) is 0. The lowest BCUT2D eigenvalue weighted by molar-refractivity contribution is -0.140. The van der Waals surface area contributed by atoms with Crippen molar-refractivity contribution in [3.63, 3.8) is 0 Å². The second-order valence-electron chi connectivity index (χ2n) is 15.3. The van der Waals surface area contributed by atoms with Crippen molar-refractivity contribution in [3.05, 3.63) is 41.6 Å². The van der Waals surface area contributed by atoms with E-state index in [1.807, 2.05) is 13.0 Å². The Kier molecular flexibility index (Phi) is 9.06. The molecule has 2 aliphatic heterocycles. The Morgan fingerprint density at radius 1 is 0.979 bits per heavy atom. The number of nitrogens with zero attached hydrogens (tertiary/aromatic N) is 5. The van der Waals surface area contributed by atoms with Crippen LogP contribution in [0.5, 0.6) is 0 Å². The van der Waals surface area contributed by atoms with Crippen molar-refractivity contribution in [1.82, 2.24) is 30.0 Å². The fourth-order valence-corrected chi connectivity index (χ4v) is 7.65. The molecule has 10 heteroatoms. The number of hydrogen-bond acceptors (Lipinski definition) is 7. The Bertz CT molecular complexity index is 1700. The first-order valence-electron chi connectivity index (χ1n) is 17.3. The van der Waals surface area contributed by atoms with Crippen molar-refractivity contribution in [3.8, 4) is 11.1 Å². The van der Waals surface area contributed by atoms with E-state index >= 15 is 0 Å². The summed E-state index contributed by atoms with van der Waals surface area (Å²) in [6.07, 6.45) is 12.0. The van der Waals surface area contributed by atoms with Crippen LogP contribution >= 0.6 is 0 Å². The maximum Gasteiger partial charge on any atom is 0.245 e. The highest BCUT2D eigenvalue weighted by Crippen LogP contribution is 2.62. The molecular weight excluding hydrogens is 592 g/mol. The van der Waals surface area contributed by atoms with E-state index in [0.29, 0.717) is 49.1 Å². The van der Waals surface area contributed by atoms with E-state index in [0.717, 1.165) is 67.2 Å². The number of Topliss-reactive ketones (excluding diaryl/α,β-unsaturated/α-hetero) is 2. The van der Waals surface area contributed by atoms with Crippen molar-refractivity contribution in [1.29, 1.82) is 0 Å². The van der Waals surface area contributed by atoms with Gasteiger partial charge in [-0.25, -0.2) is 9.97 Å². The van der Waals surface area contributed by atoms with Crippen molar-refractivity contribution in [2.45, 2.75) is 124 Å². The highest BCUT2D eigenvalue weighted by molar-refractivity contribution is 6.07. The van der Waals surface area contributed by atoms with Gasteiger partial charge >= 0.3 is 0 Å². The molecule has 0 radical (unpaired) electrons. The molecule has 0 spiro atoms. The van der Waals surface area contributed by atoms with Gasteiger partial charge in [-0.15, -0.1) is 0 Å². The second kappa shape index (κ2) is 12.9. The highest BCUT2D eigenvalue weighted by Gasteiger charge is 2.66. The summed E-state index contributed by atoms with van der Waals surface area (Å²) in [5, 5.41) is 8.57. The van der Waals surface area contributed by atoms with Crippen LogP contribution in [0.2, 0.25) is 0 Å². The Labute approximate surface area is 277 Å². The third-order valence-corrected chi connectivity index (χ3v) is 10.4. The highest BCUT2D eigenvalue weighted by atomic mass is 16.2. The number of rotatable bonds is 5. The normalized spacial score (nSPS) is 23.8. The molecule has 3 aliphatic rings. The monoisotopic (exact) mass is 640 g/mol. The molecule has 3 aromatic rings. The number of carbonyl (C=O) groups is 4. The van der Waals surface area contributed by atoms with Gasteiger partial charge in [-0.3, -0.25) is 23.9 Å². The molecule has 3 atom stereocenters. The van der Waals surface area contributed by atoms with Gasteiger partial charge in [0.25, 0.3) is 0 Å². The van der Waals surface area contributed by atoms with Gasteiger partial charge in [-0.2, -0.15) is 5.10 Å². The van der Waals surface area contributed by atoms with Crippen molar-refractivity contribution < 1.29 is 19.2 Å². The number of nitrogens with one attached hydrogen (secondary N) is 1. The minimum atomic E-state index is -0.586. The molecule has 1 N–H and O–H groups in total. The van der Waals surface area contributed by atoms with E-state index in [1.165, 1.54) is 6.92 Å². The minimum absolute atomic E-state index is 0.0684. The van der Waals surface area contributed by atoms with E-state index in [1.54, 1.807) is 22.0 Å². The lowest BCUT2D eigenvalue weighted by Crippen LogP contribution is -2.49. The van der Waals surface area contributed by atoms with Gasteiger partial charge in [-0.1, -0.05) is 33.6 Å². The SMILES string of the molecule is CC(=O)c1nn2c3c(cc(-c4cnc(C)nc4)cc13)CCCCCCC(=O)CC[C@@]13C[C@@H](C(=O)NCCC(C)(C)C)N(C(=O)C2)[C@@H]1C3. The zero-order valence-corrected chi connectivity index (χ0v) is 28.5. The van der Waals surface area contributed by atoms with Gasteiger partial charge < -0.3 is 10.2 Å². The molecule has 2 fully saturated rings. The van der Waals surface area contributed by atoms with E-state index in [2.05, 4.69) is 42.1 Å². The topological polar surface area (TPSA) is 127 Å². The molecule has 10 nitrogen and oxygen atoms in total. The molecule has 0 unspecified atom stereocenters. The van der Waals surface area contributed by atoms with E-state index in [4.69, 9.17) is 5.10 Å². The molecular formula is C37H48N6O4. The summed E-state index contributed by atoms with van der Waals surface area (Å²) in [5.41, 5.74) is 3.73. The molecule has 2 bridgehead atoms. The van der Waals surface area contributed by atoms with Crippen LogP contribution in [0.4, 0.5) is 0 Å². The number of aryl methyl sites for hydroxylation is 2.